The number of rotatable bonds is 3. The van der Waals surface area contributed by atoms with Crippen LogP contribution >= 0.6 is 0 Å². The number of benzene rings is 1. The molecule has 2 atom stereocenters. The van der Waals surface area contributed by atoms with Gasteiger partial charge in [0.05, 0.1) is 5.69 Å². The Kier molecular flexibility index (Phi) is 4.01. The van der Waals surface area contributed by atoms with E-state index in [2.05, 4.69) is 36.2 Å². The molecule has 20 heavy (non-hydrogen) atoms. The Morgan fingerprint density at radius 1 is 1.30 bits per heavy atom. The minimum Gasteiger partial charge on any atom is -0.486 e. The maximum absolute atomic E-state index is 6.15. The van der Waals surface area contributed by atoms with Gasteiger partial charge in [0.1, 0.15) is 12.7 Å². The zero-order chi connectivity index (χ0) is 13.9. The minimum atomic E-state index is 0.175. The van der Waals surface area contributed by atoms with Crippen molar-refractivity contribution in [1.82, 2.24) is 5.32 Å². The first-order chi connectivity index (χ1) is 9.81. The summed E-state index contributed by atoms with van der Waals surface area (Å²) in [4.78, 5) is 2.42. The monoisotopic (exact) mass is 276 g/mol. The summed E-state index contributed by atoms with van der Waals surface area (Å²) in [6.45, 7) is 8.11. The average Bonchev–Trinajstić information content (AvgIpc) is 2.53. The quantitative estimate of drug-likeness (QED) is 0.919. The van der Waals surface area contributed by atoms with Gasteiger partial charge in [0, 0.05) is 25.7 Å². The van der Waals surface area contributed by atoms with Crippen LogP contribution in [0.15, 0.2) is 18.2 Å². The molecule has 0 aromatic heterocycles. The van der Waals surface area contributed by atoms with E-state index < -0.39 is 0 Å². The number of ether oxygens (including phenoxy) is 2. The largest absolute Gasteiger partial charge is 0.486 e. The fourth-order valence-corrected chi connectivity index (χ4v) is 2.89. The zero-order valence-electron chi connectivity index (χ0n) is 12.4. The van der Waals surface area contributed by atoms with Gasteiger partial charge in [-0.05, 0) is 25.0 Å². The van der Waals surface area contributed by atoms with Gasteiger partial charge in [0.15, 0.2) is 11.5 Å². The molecule has 1 N–H and O–H groups in total. The summed E-state index contributed by atoms with van der Waals surface area (Å²) in [5, 5.41) is 3.55. The predicted molar refractivity (Wildman–Crippen MR) is 80.9 cm³/mol. The number of fused-ring (bicyclic) bond motifs is 1. The van der Waals surface area contributed by atoms with Crippen molar-refractivity contribution < 1.29 is 9.47 Å². The summed E-state index contributed by atoms with van der Waals surface area (Å²) in [6.07, 6.45) is 2.31. The molecular weight excluding hydrogens is 252 g/mol. The van der Waals surface area contributed by atoms with Gasteiger partial charge < -0.3 is 19.7 Å². The molecule has 1 fully saturated rings. The second kappa shape index (κ2) is 5.92. The SMILES string of the molecule is CCC1CN(c2cccc3c2OC(CC)CO3)CCN1. The van der Waals surface area contributed by atoms with E-state index >= 15 is 0 Å². The van der Waals surface area contributed by atoms with Gasteiger partial charge in [0.25, 0.3) is 0 Å². The predicted octanol–water partition coefficient (Wildman–Crippen LogP) is 2.42. The van der Waals surface area contributed by atoms with Crippen molar-refractivity contribution >= 4 is 5.69 Å². The lowest BCUT2D eigenvalue weighted by Gasteiger charge is -2.37. The Balaban J connectivity index is 1.86. The topological polar surface area (TPSA) is 33.7 Å². The van der Waals surface area contributed by atoms with Crippen LogP contribution in [0.5, 0.6) is 11.5 Å². The second-order valence-corrected chi connectivity index (χ2v) is 5.57. The van der Waals surface area contributed by atoms with Gasteiger partial charge in [-0.15, -0.1) is 0 Å². The third kappa shape index (κ3) is 2.57. The Bertz CT molecular complexity index is 464. The molecule has 4 nitrogen and oxygen atoms in total. The van der Waals surface area contributed by atoms with Gasteiger partial charge in [-0.3, -0.25) is 0 Å². The van der Waals surface area contributed by atoms with E-state index in [9.17, 15) is 0 Å². The summed E-state index contributed by atoms with van der Waals surface area (Å²) in [5.74, 6) is 1.82. The molecule has 1 saturated heterocycles. The van der Waals surface area contributed by atoms with Gasteiger partial charge in [0.2, 0.25) is 0 Å². The summed E-state index contributed by atoms with van der Waals surface area (Å²) in [6, 6.07) is 6.78. The smallest absolute Gasteiger partial charge is 0.185 e. The molecule has 0 bridgehead atoms. The van der Waals surface area contributed by atoms with Crippen molar-refractivity contribution in [2.45, 2.75) is 38.8 Å². The lowest BCUT2D eigenvalue weighted by atomic mass is 10.1. The Labute approximate surface area is 121 Å². The second-order valence-electron chi connectivity index (χ2n) is 5.57. The van der Waals surface area contributed by atoms with E-state index in [0.29, 0.717) is 12.6 Å². The molecule has 2 unspecified atom stereocenters. The third-order valence-corrected chi connectivity index (χ3v) is 4.21. The normalized spacial score (nSPS) is 25.6. The summed E-state index contributed by atoms with van der Waals surface area (Å²) in [5.41, 5.74) is 1.18. The summed E-state index contributed by atoms with van der Waals surface area (Å²) < 4.78 is 12.0. The van der Waals surface area contributed by atoms with E-state index in [1.54, 1.807) is 0 Å². The van der Waals surface area contributed by atoms with Crippen LogP contribution < -0.4 is 19.7 Å². The molecular formula is C16H24N2O2. The lowest BCUT2D eigenvalue weighted by molar-refractivity contribution is 0.0888. The molecule has 4 heteroatoms. The maximum Gasteiger partial charge on any atom is 0.185 e. The van der Waals surface area contributed by atoms with Crippen LogP contribution in [0, 0.1) is 0 Å². The molecule has 2 heterocycles. The maximum atomic E-state index is 6.15. The fraction of sp³-hybridized carbons (Fsp3) is 0.625. The number of nitrogens with zero attached hydrogens (tertiary/aromatic N) is 1. The third-order valence-electron chi connectivity index (χ3n) is 4.21. The van der Waals surface area contributed by atoms with Crippen molar-refractivity contribution in [2.24, 2.45) is 0 Å². The molecule has 0 radical (unpaired) electrons. The van der Waals surface area contributed by atoms with Gasteiger partial charge in [-0.2, -0.15) is 0 Å². The van der Waals surface area contributed by atoms with Gasteiger partial charge in [-0.1, -0.05) is 19.9 Å². The first kappa shape index (κ1) is 13.6. The Hall–Kier alpha value is -1.42. The highest BCUT2D eigenvalue weighted by Crippen LogP contribution is 2.41. The van der Waals surface area contributed by atoms with Crippen LogP contribution in [0.2, 0.25) is 0 Å². The average molecular weight is 276 g/mol. The highest BCUT2D eigenvalue weighted by atomic mass is 16.6. The standard InChI is InChI=1S/C16H24N2O2/c1-3-12-10-18(9-8-17-12)14-6-5-7-15-16(14)20-13(4-2)11-19-15/h5-7,12-13,17H,3-4,8-11H2,1-2H3. The van der Waals surface area contributed by atoms with Gasteiger partial charge >= 0.3 is 0 Å². The van der Waals surface area contributed by atoms with Crippen LogP contribution in [-0.4, -0.2) is 38.4 Å². The van der Waals surface area contributed by atoms with Crippen LogP contribution in [-0.2, 0) is 0 Å². The molecule has 0 saturated carbocycles. The van der Waals surface area contributed by atoms with E-state index in [-0.39, 0.29) is 6.10 Å². The molecule has 0 aliphatic carbocycles. The highest BCUT2D eigenvalue weighted by molar-refractivity contribution is 5.65. The van der Waals surface area contributed by atoms with Crippen molar-refractivity contribution in [3.8, 4) is 11.5 Å². The van der Waals surface area contributed by atoms with Crippen molar-refractivity contribution in [3.63, 3.8) is 0 Å². The first-order valence-electron chi connectivity index (χ1n) is 7.72. The molecule has 2 aliphatic rings. The van der Waals surface area contributed by atoms with Gasteiger partial charge in [-0.25, -0.2) is 0 Å². The molecule has 2 aliphatic heterocycles. The molecule has 3 rings (SSSR count). The molecule has 1 aromatic rings. The van der Waals surface area contributed by atoms with Crippen LogP contribution in [0.3, 0.4) is 0 Å². The highest BCUT2D eigenvalue weighted by Gasteiger charge is 2.26. The van der Waals surface area contributed by atoms with E-state index in [1.807, 2.05) is 6.07 Å². The minimum absolute atomic E-state index is 0.175. The zero-order valence-corrected chi connectivity index (χ0v) is 12.4. The van der Waals surface area contributed by atoms with Crippen LogP contribution in [0.4, 0.5) is 5.69 Å². The lowest BCUT2D eigenvalue weighted by Crippen LogP contribution is -2.50. The summed E-state index contributed by atoms with van der Waals surface area (Å²) in [7, 11) is 0. The number of piperazine rings is 1. The number of hydrogen-bond acceptors (Lipinski definition) is 4. The first-order valence-corrected chi connectivity index (χ1v) is 7.72. The summed E-state index contributed by atoms with van der Waals surface area (Å²) >= 11 is 0. The van der Waals surface area contributed by atoms with Crippen molar-refractivity contribution in [2.75, 3.05) is 31.1 Å². The Morgan fingerprint density at radius 2 is 2.20 bits per heavy atom. The molecule has 110 valence electrons. The van der Waals surface area contributed by atoms with E-state index in [0.717, 1.165) is 44.0 Å². The number of hydrogen-bond donors (Lipinski definition) is 1. The van der Waals surface area contributed by atoms with E-state index in [4.69, 9.17) is 9.47 Å². The fourth-order valence-electron chi connectivity index (χ4n) is 2.89. The number of para-hydroxylation sites is 1. The van der Waals surface area contributed by atoms with Crippen molar-refractivity contribution in [1.29, 1.82) is 0 Å². The van der Waals surface area contributed by atoms with Crippen LogP contribution in [0.25, 0.3) is 0 Å². The Morgan fingerprint density at radius 3 is 3.00 bits per heavy atom. The number of nitrogens with one attached hydrogen (secondary N) is 1. The molecule has 1 aromatic carbocycles. The molecule has 0 amide bonds. The molecule has 0 spiro atoms. The van der Waals surface area contributed by atoms with E-state index in [1.165, 1.54) is 5.69 Å². The van der Waals surface area contributed by atoms with Crippen LogP contribution in [0.1, 0.15) is 26.7 Å². The number of anilines is 1. The van der Waals surface area contributed by atoms with Crippen molar-refractivity contribution in [3.05, 3.63) is 18.2 Å².